The second-order valence-electron chi connectivity index (χ2n) is 6.39. The van der Waals surface area contributed by atoms with Crippen molar-refractivity contribution in [2.75, 3.05) is 19.5 Å². The first-order valence-electron chi connectivity index (χ1n) is 8.48. The lowest BCUT2D eigenvalue weighted by Gasteiger charge is -2.10. The molecule has 2 aromatic carbocycles. The fourth-order valence-electron chi connectivity index (χ4n) is 3.37. The summed E-state index contributed by atoms with van der Waals surface area (Å²) in [6, 6.07) is 11.7. The monoisotopic (exact) mass is 351 g/mol. The Balaban J connectivity index is 1.67. The van der Waals surface area contributed by atoms with Crippen molar-refractivity contribution in [3.63, 3.8) is 0 Å². The number of aliphatic hydroxyl groups excluding tert-OH is 1. The number of anilines is 2. The minimum Gasteiger partial charge on any atom is -0.493 e. The maximum Gasteiger partial charge on any atom is 0.161 e. The molecule has 1 aromatic heterocycles. The van der Waals surface area contributed by atoms with Gasteiger partial charge in [0.05, 0.1) is 26.0 Å². The first-order valence-corrected chi connectivity index (χ1v) is 8.48. The third-order valence-electron chi connectivity index (χ3n) is 4.74. The van der Waals surface area contributed by atoms with E-state index in [4.69, 9.17) is 9.47 Å². The van der Waals surface area contributed by atoms with Gasteiger partial charge in [0.1, 0.15) is 0 Å². The van der Waals surface area contributed by atoms with Crippen LogP contribution in [0.25, 0.3) is 11.3 Å². The van der Waals surface area contributed by atoms with Crippen LogP contribution in [0.3, 0.4) is 0 Å². The van der Waals surface area contributed by atoms with Crippen LogP contribution in [-0.2, 0) is 6.42 Å². The Hall–Kier alpha value is -2.99. The molecule has 6 nitrogen and oxygen atoms in total. The minimum absolute atomic E-state index is 0.508. The summed E-state index contributed by atoms with van der Waals surface area (Å²) in [6.07, 6.45) is 0.255. The van der Waals surface area contributed by atoms with E-state index in [-0.39, 0.29) is 0 Å². The summed E-state index contributed by atoms with van der Waals surface area (Å²) in [4.78, 5) is 0. The Morgan fingerprint density at radius 2 is 1.92 bits per heavy atom. The average Bonchev–Trinajstić information content (AvgIpc) is 3.20. The van der Waals surface area contributed by atoms with Gasteiger partial charge in [0.15, 0.2) is 17.3 Å². The fourth-order valence-corrected chi connectivity index (χ4v) is 3.37. The smallest absolute Gasteiger partial charge is 0.161 e. The van der Waals surface area contributed by atoms with Gasteiger partial charge in [0.2, 0.25) is 0 Å². The van der Waals surface area contributed by atoms with Crippen LogP contribution in [0.5, 0.6) is 11.5 Å². The summed E-state index contributed by atoms with van der Waals surface area (Å²) < 4.78 is 10.8. The van der Waals surface area contributed by atoms with Gasteiger partial charge in [0.25, 0.3) is 0 Å². The number of nitrogens with one attached hydrogen (secondary N) is 2. The third-order valence-corrected chi connectivity index (χ3v) is 4.74. The van der Waals surface area contributed by atoms with Gasteiger partial charge >= 0.3 is 0 Å². The van der Waals surface area contributed by atoms with Crippen LogP contribution >= 0.6 is 0 Å². The molecule has 3 aromatic rings. The summed E-state index contributed by atoms with van der Waals surface area (Å²) in [6.45, 7) is 1.75. The highest BCUT2D eigenvalue weighted by Gasteiger charge is 2.26. The van der Waals surface area contributed by atoms with Crippen LogP contribution in [0, 0.1) is 0 Å². The maximum absolute atomic E-state index is 9.77. The van der Waals surface area contributed by atoms with E-state index in [1.807, 2.05) is 36.4 Å². The number of rotatable bonds is 5. The van der Waals surface area contributed by atoms with Gasteiger partial charge in [0, 0.05) is 23.2 Å². The number of ether oxygens (including phenoxy) is 2. The molecule has 6 heteroatoms. The number of nitrogens with zero attached hydrogens (tertiary/aromatic N) is 1. The Morgan fingerprint density at radius 3 is 2.65 bits per heavy atom. The zero-order valence-corrected chi connectivity index (χ0v) is 15.0. The number of hydrogen-bond acceptors (Lipinski definition) is 5. The molecule has 1 unspecified atom stereocenters. The maximum atomic E-state index is 9.77. The van der Waals surface area contributed by atoms with Crippen LogP contribution in [0.2, 0.25) is 0 Å². The molecule has 0 amide bonds. The number of fused-ring (bicyclic) bond motifs is 3. The molecule has 3 N–H and O–H groups in total. The largest absolute Gasteiger partial charge is 0.493 e. The molecule has 0 saturated heterocycles. The van der Waals surface area contributed by atoms with Crippen molar-refractivity contribution >= 4 is 11.5 Å². The number of aliphatic hydroxyl groups is 1. The summed E-state index contributed by atoms with van der Waals surface area (Å²) >= 11 is 0. The average molecular weight is 351 g/mol. The molecule has 4 rings (SSSR count). The Bertz CT molecular complexity index is 963. The topological polar surface area (TPSA) is 79.4 Å². The third kappa shape index (κ3) is 2.68. The second-order valence-corrected chi connectivity index (χ2v) is 6.39. The molecule has 0 aliphatic heterocycles. The predicted octanol–water partition coefficient (Wildman–Crippen LogP) is 3.80. The Morgan fingerprint density at radius 1 is 1.15 bits per heavy atom. The van der Waals surface area contributed by atoms with E-state index in [0.29, 0.717) is 5.75 Å². The molecule has 0 saturated carbocycles. The predicted molar refractivity (Wildman–Crippen MR) is 100 cm³/mol. The lowest BCUT2D eigenvalue weighted by Crippen LogP contribution is -1.97. The van der Waals surface area contributed by atoms with Gasteiger partial charge in [-0.15, -0.1) is 0 Å². The second kappa shape index (κ2) is 6.38. The lowest BCUT2D eigenvalue weighted by atomic mass is 10.1. The standard InChI is InChI=1S/C20H21N3O3/c1-11(24)12-5-4-6-14(7-12)21-20-16-8-13-9-17(25-2)18(26-3)10-15(13)19(16)22-23-20/h4-7,9-11,24H,8H2,1-3H3,(H2,21,22,23). The quantitative estimate of drug-likeness (QED) is 0.510. The first kappa shape index (κ1) is 16.5. The van der Waals surface area contributed by atoms with Gasteiger partial charge in [-0.05, 0) is 42.3 Å². The van der Waals surface area contributed by atoms with Crippen molar-refractivity contribution in [1.82, 2.24) is 10.2 Å². The summed E-state index contributed by atoms with van der Waals surface area (Å²) in [5.74, 6) is 2.22. The van der Waals surface area contributed by atoms with E-state index in [1.165, 1.54) is 5.56 Å². The Kier molecular flexibility index (Phi) is 4.05. The molecular weight excluding hydrogens is 330 g/mol. The molecule has 1 heterocycles. The number of methoxy groups -OCH3 is 2. The van der Waals surface area contributed by atoms with Crippen LogP contribution in [0.15, 0.2) is 36.4 Å². The number of aromatic nitrogens is 2. The molecule has 0 fully saturated rings. The number of benzene rings is 2. The first-order chi connectivity index (χ1) is 12.6. The molecule has 0 bridgehead atoms. The lowest BCUT2D eigenvalue weighted by molar-refractivity contribution is 0.199. The van der Waals surface area contributed by atoms with E-state index in [1.54, 1.807) is 21.1 Å². The van der Waals surface area contributed by atoms with Gasteiger partial charge < -0.3 is 19.9 Å². The summed E-state index contributed by atoms with van der Waals surface area (Å²) in [7, 11) is 3.28. The van der Waals surface area contributed by atoms with Crippen molar-refractivity contribution in [2.45, 2.75) is 19.4 Å². The zero-order chi connectivity index (χ0) is 18.3. The van der Waals surface area contributed by atoms with Crippen LogP contribution in [0.4, 0.5) is 11.5 Å². The molecule has 1 aliphatic rings. The molecule has 26 heavy (non-hydrogen) atoms. The normalized spacial score (nSPS) is 13.1. The van der Waals surface area contributed by atoms with E-state index in [9.17, 15) is 5.11 Å². The fraction of sp³-hybridized carbons (Fsp3) is 0.250. The van der Waals surface area contributed by atoms with Crippen molar-refractivity contribution in [1.29, 1.82) is 0 Å². The van der Waals surface area contributed by atoms with E-state index < -0.39 is 6.10 Å². The van der Waals surface area contributed by atoms with Crippen molar-refractivity contribution < 1.29 is 14.6 Å². The zero-order valence-electron chi connectivity index (χ0n) is 15.0. The summed E-state index contributed by atoms with van der Waals surface area (Å²) in [5.41, 5.74) is 6.11. The van der Waals surface area contributed by atoms with Gasteiger partial charge in [-0.25, -0.2) is 0 Å². The van der Waals surface area contributed by atoms with E-state index >= 15 is 0 Å². The number of aromatic amines is 1. The van der Waals surface area contributed by atoms with Gasteiger partial charge in [-0.1, -0.05) is 12.1 Å². The highest BCUT2D eigenvalue weighted by atomic mass is 16.5. The highest BCUT2D eigenvalue weighted by molar-refractivity contribution is 5.81. The number of hydrogen-bond donors (Lipinski definition) is 3. The van der Waals surface area contributed by atoms with E-state index in [0.717, 1.165) is 46.1 Å². The summed E-state index contributed by atoms with van der Waals surface area (Å²) in [5, 5.41) is 20.7. The van der Waals surface area contributed by atoms with Gasteiger partial charge in [-0.3, -0.25) is 5.10 Å². The minimum atomic E-state index is -0.508. The van der Waals surface area contributed by atoms with Crippen molar-refractivity contribution in [3.8, 4) is 22.8 Å². The highest BCUT2D eigenvalue weighted by Crippen LogP contribution is 2.44. The van der Waals surface area contributed by atoms with Crippen LogP contribution < -0.4 is 14.8 Å². The molecule has 1 atom stereocenters. The number of H-pyrrole nitrogens is 1. The van der Waals surface area contributed by atoms with Crippen molar-refractivity contribution in [2.24, 2.45) is 0 Å². The molecular formula is C20H21N3O3. The van der Waals surface area contributed by atoms with Crippen LogP contribution in [0.1, 0.15) is 29.7 Å². The molecule has 134 valence electrons. The molecule has 0 radical (unpaired) electrons. The molecule has 1 aliphatic carbocycles. The van der Waals surface area contributed by atoms with Crippen molar-refractivity contribution in [3.05, 3.63) is 53.1 Å². The van der Waals surface area contributed by atoms with Gasteiger partial charge in [-0.2, -0.15) is 5.10 Å². The SMILES string of the molecule is COc1cc2c(cc1OC)-c1[nH]nc(Nc3cccc(C(C)O)c3)c1C2. The molecule has 0 spiro atoms. The van der Waals surface area contributed by atoms with Crippen LogP contribution in [-0.4, -0.2) is 29.5 Å². The Labute approximate surface area is 151 Å². The van der Waals surface area contributed by atoms with E-state index in [2.05, 4.69) is 15.5 Å².